The van der Waals surface area contributed by atoms with Crippen molar-refractivity contribution in [3.63, 3.8) is 0 Å². The van der Waals surface area contributed by atoms with E-state index in [1.54, 1.807) is 19.1 Å². The van der Waals surface area contributed by atoms with Gasteiger partial charge in [0, 0.05) is 31.0 Å². The number of hydrogen-bond acceptors (Lipinski definition) is 6. The Hall–Kier alpha value is -3.96. The van der Waals surface area contributed by atoms with E-state index >= 15 is 0 Å². The van der Waals surface area contributed by atoms with Gasteiger partial charge in [-0.25, -0.2) is 4.79 Å². The number of halogens is 3. The Bertz CT molecular complexity index is 1100. The van der Waals surface area contributed by atoms with E-state index in [-0.39, 0.29) is 36.4 Å². The molecular weight excluding hydrogens is 501 g/mol. The first-order chi connectivity index (χ1) is 17.8. The lowest BCUT2D eigenvalue weighted by atomic mass is 10.0. The number of amidine groups is 1. The smallest absolute Gasteiger partial charge is 0.422 e. The van der Waals surface area contributed by atoms with Gasteiger partial charge in [-0.05, 0) is 56.0 Å². The molecule has 208 valence electrons. The Balaban J connectivity index is 0.00000352. The predicted octanol–water partition coefficient (Wildman–Crippen LogP) is 5.21. The van der Waals surface area contributed by atoms with E-state index < -0.39 is 24.8 Å². The molecule has 0 atom stereocenters. The molecule has 2 rings (SSSR count). The lowest BCUT2D eigenvalue weighted by Crippen LogP contribution is -2.38. The second-order valence-electron chi connectivity index (χ2n) is 8.35. The van der Waals surface area contributed by atoms with Crippen molar-refractivity contribution in [2.24, 2.45) is 0 Å². The lowest BCUT2D eigenvalue weighted by molar-refractivity contribution is -0.162. The minimum atomic E-state index is -4.61. The second kappa shape index (κ2) is 14.7. The molecule has 0 saturated heterocycles. The van der Waals surface area contributed by atoms with Crippen molar-refractivity contribution in [1.82, 2.24) is 20.1 Å². The average molecular weight is 537 g/mol. The number of fused-ring (bicyclic) bond motifs is 1. The zero-order chi connectivity index (χ0) is 29.0. The van der Waals surface area contributed by atoms with Crippen molar-refractivity contribution in [3.8, 4) is 0 Å². The maximum Gasteiger partial charge on any atom is 0.422 e. The summed E-state index contributed by atoms with van der Waals surface area (Å²) < 4.78 is 41.2. The van der Waals surface area contributed by atoms with Crippen LogP contribution in [-0.2, 0) is 17.7 Å². The van der Waals surface area contributed by atoms with Crippen LogP contribution in [-0.4, -0.2) is 64.3 Å². The van der Waals surface area contributed by atoms with E-state index in [1.807, 2.05) is 27.7 Å². The van der Waals surface area contributed by atoms with Gasteiger partial charge in [0.05, 0.1) is 6.34 Å². The van der Waals surface area contributed by atoms with Crippen molar-refractivity contribution >= 4 is 24.2 Å². The summed E-state index contributed by atoms with van der Waals surface area (Å²) in [5, 5.41) is 18.2. The molecule has 1 aromatic heterocycles. The molecule has 0 aromatic carbocycles. The summed E-state index contributed by atoms with van der Waals surface area (Å²) in [5.74, 6) is -0.374. The molecule has 9 nitrogen and oxygen atoms in total. The van der Waals surface area contributed by atoms with Crippen LogP contribution in [0, 0.1) is 10.8 Å². The Labute approximate surface area is 221 Å². The summed E-state index contributed by atoms with van der Waals surface area (Å²) >= 11 is 0. The Kier molecular flexibility index (Phi) is 12.4. The van der Waals surface area contributed by atoms with Gasteiger partial charge in [0.25, 0.3) is 5.91 Å². The number of nitrogens with zero attached hydrogens (tertiary/aromatic N) is 3. The highest BCUT2D eigenvalue weighted by atomic mass is 19.4. The van der Waals surface area contributed by atoms with Crippen LogP contribution in [0.3, 0.4) is 0 Å². The molecule has 0 aliphatic carbocycles. The molecule has 3 N–H and O–H groups in total. The van der Waals surface area contributed by atoms with Gasteiger partial charge in [-0.3, -0.25) is 20.6 Å². The molecular formula is C26H35F3N6O3. The zero-order valence-corrected chi connectivity index (χ0v) is 22.3. The Morgan fingerprint density at radius 2 is 1.97 bits per heavy atom. The molecule has 2 amide bonds. The second-order valence-corrected chi connectivity index (χ2v) is 8.35. The van der Waals surface area contributed by atoms with E-state index in [4.69, 9.17) is 10.8 Å². The Morgan fingerprint density at radius 3 is 2.55 bits per heavy atom. The first-order valence-corrected chi connectivity index (χ1v) is 12.0. The minimum absolute atomic E-state index is 0.00511. The van der Waals surface area contributed by atoms with Crippen molar-refractivity contribution in [3.05, 3.63) is 65.2 Å². The van der Waals surface area contributed by atoms with Gasteiger partial charge in [-0.15, -0.1) is 0 Å². The van der Waals surface area contributed by atoms with Crippen LogP contribution >= 0.6 is 0 Å². The van der Waals surface area contributed by atoms with Crippen LogP contribution in [0.15, 0.2) is 48.3 Å². The van der Waals surface area contributed by atoms with E-state index in [1.165, 1.54) is 23.2 Å². The number of aromatic nitrogens is 1. The molecule has 12 heteroatoms. The molecule has 2 heterocycles. The molecule has 1 aromatic rings. The lowest BCUT2D eigenvalue weighted by Gasteiger charge is -2.28. The minimum Gasteiger partial charge on any atom is -0.440 e. The SMILES string of the molecule is C=C(/C=C\C=C(/C)C(=N)N(C=N)C(C)C)NC(=O)c1cc2c(cn1)CCN(C(=O)OCC(F)(F)F)C2.CC. The van der Waals surface area contributed by atoms with Gasteiger partial charge in [0.1, 0.15) is 11.5 Å². The number of rotatable bonds is 8. The largest absolute Gasteiger partial charge is 0.440 e. The first kappa shape index (κ1) is 32.1. The number of nitrogens with one attached hydrogen (secondary N) is 3. The summed E-state index contributed by atoms with van der Waals surface area (Å²) in [7, 11) is 0. The zero-order valence-electron chi connectivity index (χ0n) is 22.3. The standard InChI is InChI=1S/C24H29F3N6O3.C2H6/c1-15(2)33(14-28)21(29)16(3)6-5-7-17(4)31-22(34)20-10-19-12-32(9-8-18(19)11-30-20)23(35)36-13-24(25,26)27;1-2/h5-7,10-11,14-15,28-29H,4,8-9,12-13H2,1-3H3,(H,31,34);1-2H3/b7-5-,16-6+,28-14?,29-21?;. The number of carbonyl (C=O) groups excluding carboxylic acids is 2. The van der Waals surface area contributed by atoms with Crippen molar-refractivity contribution in [1.29, 1.82) is 10.8 Å². The highest BCUT2D eigenvalue weighted by Gasteiger charge is 2.31. The van der Waals surface area contributed by atoms with Gasteiger partial charge < -0.3 is 19.9 Å². The van der Waals surface area contributed by atoms with Crippen molar-refractivity contribution in [2.45, 2.75) is 59.8 Å². The predicted molar refractivity (Wildman–Crippen MR) is 140 cm³/mol. The number of allylic oxidation sites excluding steroid dienone is 3. The molecule has 0 bridgehead atoms. The average Bonchev–Trinajstić information content (AvgIpc) is 2.87. The van der Waals surface area contributed by atoms with E-state index in [0.29, 0.717) is 17.6 Å². The Morgan fingerprint density at radius 1 is 1.32 bits per heavy atom. The number of carbonyl (C=O) groups is 2. The summed E-state index contributed by atoms with van der Waals surface area (Å²) in [4.78, 5) is 31.3. The summed E-state index contributed by atoms with van der Waals surface area (Å²) in [6.45, 7) is 11.7. The van der Waals surface area contributed by atoms with E-state index in [0.717, 1.165) is 16.8 Å². The van der Waals surface area contributed by atoms with Crippen LogP contribution in [0.2, 0.25) is 0 Å². The van der Waals surface area contributed by atoms with Crippen molar-refractivity contribution in [2.75, 3.05) is 13.2 Å². The quantitative estimate of drug-likeness (QED) is 0.239. The number of hydrogen-bond donors (Lipinski definition) is 3. The van der Waals surface area contributed by atoms with E-state index in [2.05, 4.69) is 21.6 Å². The third-order valence-electron chi connectivity index (χ3n) is 5.19. The van der Waals surface area contributed by atoms with Gasteiger partial charge in [-0.1, -0.05) is 32.6 Å². The summed E-state index contributed by atoms with van der Waals surface area (Å²) in [5.41, 5.74) is 2.30. The van der Waals surface area contributed by atoms with Crippen LogP contribution in [0.5, 0.6) is 0 Å². The van der Waals surface area contributed by atoms with Crippen LogP contribution < -0.4 is 5.32 Å². The van der Waals surface area contributed by atoms with Crippen LogP contribution in [0.4, 0.5) is 18.0 Å². The third-order valence-corrected chi connectivity index (χ3v) is 5.19. The molecule has 0 spiro atoms. The number of ether oxygens (including phenoxy) is 1. The third kappa shape index (κ3) is 9.83. The van der Waals surface area contributed by atoms with Crippen LogP contribution in [0.25, 0.3) is 0 Å². The van der Waals surface area contributed by atoms with Gasteiger partial charge >= 0.3 is 12.3 Å². The van der Waals surface area contributed by atoms with Gasteiger partial charge in [0.2, 0.25) is 0 Å². The normalized spacial score (nSPS) is 13.3. The number of alkyl halides is 3. The summed E-state index contributed by atoms with van der Waals surface area (Å²) in [6.07, 6.45) is 2.07. The fraction of sp³-hybridized carbons (Fsp3) is 0.423. The maximum absolute atomic E-state index is 12.6. The monoisotopic (exact) mass is 536 g/mol. The van der Waals surface area contributed by atoms with Gasteiger partial charge in [-0.2, -0.15) is 13.2 Å². The molecule has 0 saturated carbocycles. The highest BCUT2D eigenvalue weighted by Crippen LogP contribution is 2.21. The molecule has 0 fully saturated rings. The number of pyridine rings is 1. The molecule has 1 aliphatic heterocycles. The van der Waals surface area contributed by atoms with Gasteiger partial charge in [0.15, 0.2) is 6.61 Å². The topological polar surface area (TPSA) is 122 Å². The molecule has 1 aliphatic rings. The molecule has 38 heavy (non-hydrogen) atoms. The fourth-order valence-corrected chi connectivity index (χ4v) is 3.27. The number of amides is 2. The first-order valence-electron chi connectivity index (χ1n) is 12.0. The fourth-order valence-electron chi connectivity index (χ4n) is 3.27. The van der Waals surface area contributed by atoms with Crippen molar-refractivity contribution < 1.29 is 27.5 Å². The summed E-state index contributed by atoms with van der Waals surface area (Å²) in [6, 6.07) is 1.44. The molecule has 0 unspecified atom stereocenters. The highest BCUT2D eigenvalue weighted by molar-refractivity contribution is 6.01. The molecule has 0 radical (unpaired) electrons. The van der Waals surface area contributed by atoms with E-state index in [9.17, 15) is 22.8 Å². The maximum atomic E-state index is 12.6. The van der Waals surface area contributed by atoms with Crippen LogP contribution in [0.1, 0.15) is 56.2 Å².